The summed E-state index contributed by atoms with van der Waals surface area (Å²) in [6, 6.07) is 13.1. The molecule has 0 bridgehead atoms. The molecule has 30 heavy (non-hydrogen) atoms. The van der Waals surface area contributed by atoms with Gasteiger partial charge in [0.25, 0.3) is 17.7 Å². The van der Waals surface area contributed by atoms with Crippen LogP contribution in [0, 0.1) is 20.8 Å². The summed E-state index contributed by atoms with van der Waals surface area (Å²) in [4.78, 5) is 12.7. The number of hydrogen-bond donors (Lipinski definition) is 1. The topological polar surface area (TPSA) is 64.1 Å². The van der Waals surface area contributed by atoms with Crippen molar-refractivity contribution in [1.29, 1.82) is 0 Å². The second kappa shape index (κ2) is 8.87. The number of amides is 1. The van der Waals surface area contributed by atoms with Gasteiger partial charge in [-0.25, -0.2) is 0 Å². The third-order valence-corrected chi connectivity index (χ3v) is 4.88. The van der Waals surface area contributed by atoms with Crippen molar-refractivity contribution in [2.75, 3.05) is 6.54 Å². The van der Waals surface area contributed by atoms with E-state index in [1.165, 1.54) is 12.1 Å². The van der Waals surface area contributed by atoms with Gasteiger partial charge in [0.15, 0.2) is 0 Å². The molecule has 0 fully saturated rings. The van der Waals surface area contributed by atoms with Crippen molar-refractivity contribution in [3.8, 4) is 11.6 Å². The average molecular weight is 476 g/mol. The van der Waals surface area contributed by atoms with E-state index in [9.17, 15) is 13.6 Å². The summed E-state index contributed by atoms with van der Waals surface area (Å²) >= 11 is 3.33. The van der Waals surface area contributed by atoms with Crippen molar-refractivity contribution in [1.82, 2.24) is 15.5 Å². The lowest BCUT2D eigenvalue weighted by molar-refractivity contribution is -0.00310. The highest BCUT2D eigenvalue weighted by Gasteiger charge is 2.34. The lowest BCUT2D eigenvalue weighted by Gasteiger charge is -2.20. The number of ether oxygens (including phenoxy) is 1. The van der Waals surface area contributed by atoms with Gasteiger partial charge in [-0.05, 0) is 50.6 Å². The average Bonchev–Trinajstić information content (AvgIpc) is 2.67. The molecule has 1 heterocycles. The number of rotatable bonds is 6. The monoisotopic (exact) mass is 475 g/mol. The number of carbonyl (C=O) groups excluding carboxylic acids is 1. The van der Waals surface area contributed by atoms with Gasteiger partial charge < -0.3 is 10.1 Å². The maximum absolute atomic E-state index is 14.7. The summed E-state index contributed by atoms with van der Waals surface area (Å²) in [7, 11) is 0. The van der Waals surface area contributed by atoms with E-state index in [1.807, 2.05) is 13.0 Å². The highest BCUT2D eigenvalue weighted by Crippen LogP contribution is 2.31. The first kappa shape index (κ1) is 21.8. The Hall–Kier alpha value is -2.87. The molecule has 1 N–H and O–H groups in total. The quantitative estimate of drug-likeness (QED) is 0.512. The molecule has 2 aromatic carbocycles. The van der Waals surface area contributed by atoms with E-state index in [0.717, 1.165) is 10.0 Å². The molecule has 0 saturated carbocycles. The molecular weight excluding hydrogens is 456 g/mol. The van der Waals surface area contributed by atoms with Crippen LogP contribution in [0.5, 0.6) is 11.6 Å². The van der Waals surface area contributed by atoms with E-state index in [1.54, 1.807) is 44.2 Å². The van der Waals surface area contributed by atoms with Gasteiger partial charge in [-0.3, -0.25) is 4.79 Å². The van der Waals surface area contributed by atoms with Gasteiger partial charge in [-0.1, -0.05) is 45.8 Å². The lowest BCUT2D eigenvalue weighted by atomic mass is 10.00. The molecule has 5 nitrogen and oxygen atoms in total. The maximum Gasteiger partial charge on any atom is 0.290 e. The van der Waals surface area contributed by atoms with Crippen molar-refractivity contribution in [2.24, 2.45) is 0 Å². The molecule has 0 saturated heterocycles. The zero-order valence-electron chi connectivity index (χ0n) is 16.7. The van der Waals surface area contributed by atoms with Gasteiger partial charge in [0, 0.05) is 10.0 Å². The fourth-order valence-corrected chi connectivity index (χ4v) is 3.34. The van der Waals surface area contributed by atoms with Crippen molar-refractivity contribution >= 4 is 21.8 Å². The van der Waals surface area contributed by atoms with Gasteiger partial charge in [-0.2, -0.15) is 13.9 Å². The number of nitrogens with one attached hydrogen (secondary N) is 1. The van der Waals surface area contributed by atoms with Crippen LogP contribution in [0.25, 0.3) is 0 Å². The molecule has 0 atom stereocenters. The molecule has 0 aliphatic heterocycles. The summed E-state index contributed by atoms with van der Waals surface area (Å²) in [5.74, 6) is -3.58. The molecule has 0 aliphatic carbocycles. The van der Waals surface area contributed by atoms with Gasteiger partial charge in [0.05, 0.1) is 12.2 Å². The number of aryl methyl sites for hydroxylation is 3. The van der Waals surface area contributed by atoms with Crippen molar-refractivity contribution < 1.29 is 18.3 Å². The number of benzene rings is 2. The molecule has 3 aromatic rings. The van der Waals surface area contributed by atoms with Crippen molar-refractivity contribution in [3.63, 3.8) is 0 Å². The molecule has 8 heteroatoms. The fraction of sp³-hybridized carbons (Fsp3) is 0.227. The molecule has 156 valence electrons. The summed E-state index contributed by atoms with van der Waals surface area (Å²) in [5, 5.41) is 10.1. The minimum atomic E-state index is -3.23. The van der Waals surface area contributed by atoms with E-state index < -0.39 is 18.4 Å². The van der Waals surface area contributed by atoms with Crippen LogP contribution in [-0.4, -0.2) is 22.6 Å². The SMILES string of the molecule is Cc1ccc(C(F)(F)CNC(=O)c2cc(C)nnc2Oc2cccc(Br)c2)c(C)c1. The zero-order valence-corrected chi connectivity index (χ0v) is 18.3. The van der Waals surface area contributed by atoms with E-state index >= 15 is 0 Å². The number of hydrogen-bond acceptors (Lipinski definition) is 4. The number of alkyl halides is 2. The molecule has 0 spiro atoms. The van der Waals surface area contributed by atoms with E-state index in [-0.39, 0.29) is 17.0 Å². The Balaban J connectivity index is 1.80. The minimum absolute atomic E-state index is 0.0268. The lowest BCUT2D eigenvalue weighted by Crippen LogP contribution is -2.35. The third kappa shape index (κ3) is 5.18. The first-order valence-electron chi connectivity index (χ1n) is 9.17. The van der Waals surface area contributed by atoms with Crippen LogP contribution in [0.3, 0.4) is 0 Å². The zero-order chi connectivity index (χ0) is 21.9. The summed E-state index contributed by atoms with van der Waals surface area (Å²) in [6.45, 7) is 4.25. The Kier molecular flexibility index (Phi) is 6.45. The second-order valence-corrected chi connectivity index (χ2v) is 7.89. The molecular formula is C22H20BrF2N3O2. The Morgan fingerprint density at radius 2 is 1.87 bits per heavy atom. The van der Waals surface area contributed by atoms with E-state index in [0.29, 0.717) is 17.0 Å². The fourth-order valence-electron chi connectivity index (χ4n) is 2.96. The molecule has 0 unspecified atom stereocenters. The highest BCUT2D eigenvalue weighted by atomic mass is 79.9. The van der Waals surface area contributed by atoms with Crippen LogP contribution < -0.4 is 10.1 Å². The Morgan fingerprint density at radius 1 is 1.10 bits per heavy atom. The van der Waals surface area contributed by atoms with E-state index in [4.69, 9.17) is 4.74 Å². The number of halogens is 3. The first-order valence-corrected chi connectivity index (χ1v) is 9.96. The number of aromatic nitrogens is 2. The molecule has 1 aromatic heterocycles. The van der Waals surface area contributed by atoms with Crippen LogP contribution in [0.4, 0.5) is 8.78 Å². The molecule has 1 amide bonds. The van der Waals surface area contributed by atoms with Crippen LogP contribution in [0.1, 0.15) is 32.7 Å². The number of carbonyl (C=O) groups is 1. The summed E-state index contributed by atoms with van der Waals surface area (Å²) < 4.78 is 35.9. The standard InChI is InChI=1S/C22H20BrF2N3O2/c1-13-7-8-19(14(2)9-13)22(24,25)12-26-20(29)18-10-15(3)27-28-21(18)30-17-6-4-5-16(23)11-17/h4-11H,12H2,1-3H3,(H,26,29). The predicted octanol–water partition coefficient (Wildman–Crippen LogP) is 5.48. The third-order valence-electron chi connectivity index (χ3n) is 4.38. The Labute approximate surface area is 181 Å². The highest BCUT2D eigenvalue weighted by molar-refractivity contribution is 9.10. The van der Waals surface area contributed by atoms with Gasteiger partial charge in [0.1, 0.15) is 11.3 Å². The Morgan fingerprint density at radius 3 is 2.57 bits per heavy atom. The van der Waals surface area contributed by atoms with E-state index in [2.05, 4.69) is 31.4 Å². The van der Waals surface area contributed by atoms with Crippen LogP contribution >= 0.6 is 15.9 Å². The molecule has 0 aliphatic rings. The van der Waals surface area contributed by atoms with Crippen LogP contribution in [-0.2, 0) is 5.92 Å². The Bertz CT molecular complexity index is 1090. The van der Waals surface area contributed by atoms with Crippen molar-refractivity contribution in [2.45, 2.75) is 26.7 Å². The normalized spacial score (nSPS) is 11.3. The second-order valence-electron chi connectivity index (χ2n) is 6.97. The van der Waals surface area contributed by atoms with Gasteiger partial charge >= 0.3 is 0 Å². The largest absolute Gasteiger partial charge is 0.437 e. The summed E-state index contributed by atoms with van der Waals surface area (Å²) in [6.07, 6.45) is 0. The smallest absolute Gasteiger partial charge is 0.290 e. The minimum Gasteiger partial charge on any atom is -0.437 e. The maximum atomic E-state index is 14.7. The van der Waals surface area contributed by atoms with Crippen LogP contribution in [0.15, 0.2) is 53.0 Å². The van der Waals surface area contributed by atoms with Gasteiger partial charge in [0.2, 0.25) is 0 Å². The molecule has 0 radical (unpaired) electrons. The molecule has 3 rings (SSSR count). The van der Waals surface area contributed by atoms with Gasteiger partial charge in [-0.15, -0.1) is 5.10 Å². The predicted molar refractivity (Wildman–Crippen MR) is 113 cm³/mol. The first-order chi connectivity index (χ1) is 14.2. The van der Waals surface area contributed by atoms with Crippen molar-refractivity contribution in [3.05, 3.63) is 81.0 Å². The van der Waals surface area contributed by atoms with Crippen LogP contribution in [0.2, 0.25) is 0 Å². The number of nitrogens with zero attached hydrogens (tertiary/aromatic N) is 2. The summed E-state index contributed by atoms with van der Waals surface area (Å²) in [5.41, 5.74) is 1.72.